The molecule has 1 aliphatic rings. The molecule has 1 heterocycles. The predicted molar refractivity (Wildman–Crippen MR) is 96.8 cm³/mol. The molecule has 0 spiro atoms. The zero-order valence-corrected chi connectivity index (χ0v) is 15.4. The van der Waals surface area contributed by atoms with Crippen molar-refractivity contribution in [3.63, 3.8) is 0 Å². The first kappa shape index (κ1) is 18.5. The van der Waals surface area contributed by atoms with Gasteiger partial charge in [0.25, 0.3) is 10.0 Å². The fourth-order valence-corrected chi connectivity index (χ4v) is 3.97. The summed E-state index contributed by atoms with van der Waals surface area (Å²) < 4.78 is 46.1. The van der Waals surface area contributed by atoms with E-state index in [4.69, 9.17) is 16.3 Å². The third-order valence-electron chi connectivity index (χ3n) is 4.00. The Labute approximate surface area is 155 Å². The Hall–Kier alpha value is -2.32. The third kappa shape index (κ3) is 3.61. The van der Waals surface area contributed by atoms with E-state index in [1.54, 1.807) is 0 Å². The summed E-state index contributed by atoms with van der Waals surface area (Å²) in [6.45, 7) is 0.500. The van der Waals surface area contributed by atoms with Crippen LogP contribution in [0, 0.1) is 5.82 Å². The first-order valence-corrected chi connectivity index (χ1v) is 9.64. The van der Waals surface area contributed by atoms with Gasteiger partial charge in [-0.05, 0) is 42.8 Å². The second-order valence-corrected chi connectivity index (χ2v) is 7.81. The van der Waals surface area contributed by atoms with Crippen LogP contribution >= 0.6 is 11.6 Å². The van der Waals surface area contributed by atoms with Gasteiger partial charge < -0.3 is 9.64 Å². The summed E-state index contributed by atoms with van der Waals surface area (Å²) in [6, 6.07) is 7.78. The molecule has 1 saturated heterocycles. The molecule has 1 N–H and O–H groups in total. The maximum atomic E-state index is 13.2. The minimum Gasteiger partial charge on any atom is -0.495 e. The molecular formula is C17H16ClFN2O4S. The van der Waals surface area contributed by atoms with Gasteiger partial charge in [-0.15, -0.1) is 0 Å². The first-order chi connectivity index (χ1) is 12.3. The van der Waals surface area contributed by atoms with Gasteiger partial charge in [0.1, 0.15) is 11.6 Å². The molecule has 1 amide bonds. The molecule has 0 bridgehead atoms. The molecule has 6 nitrogen and oxygen atoms in total. The molecule has 9 heteroatoms. The van der Waals surface area contributed by atoms with Crippen molar-refractivity contribution in [2.45, 2.75) is 17.7 Å². The van der Waals surface area contributed by atoms with Crippen LogP contribution in [0.25, 0.3) is 0 Å². The van der Waals surface area contributed by atoms with Crippen molar-refractivity contribution >= 4 is 38.9 Å². The van der Waals surface area contributed by atoms with Crippen LogP contribution in [0.2, 0.25) is 5.02 Å². The van der Waals surface area contributed by atoms with E-state index in [-0.39, 0.29) is 21.5 Å². The molecule has 26 heavy (non-hydrogen) atoms. The molecule has 0 atom stereocenters. The number of sulfonamides is 1. The number of amides is 1. The van der Waals surface area contributed by atoms with Gasteiger partial charge in [-0.3, -0.25) is 9.52 Å². The summed E-state index contributed by atoms with van der Waals surface area (Å²) in [5.74, 6) is -0.325. The second kappa shape index (κ2) is 7.13. The SMILES string of the molecule is COc1ccc(S(=O)(=O)Nc2ccc(F)c(Cl)c2)cc1N1CCCC1=O. The van der Waals surface area contributed by atoms with Gasteiger partial charge in [0.05, 0.1) is 28.4 Å². The summed E-state index contributed by atoms with van der Waals surface area (Å²) in [5.41, 5.74) is 0.529. The minimum absolute atomic E-state index is 0.0477. The lowest BCUT2D eigenvalue weighted by atomic mass is 10.2. The van der Waals surface area contributed by atoms with E-state index in [9.17, 15) is 17.6 Å². The molecule has 0 unspecified atom stereocenters. The number of halogens is 2. The van der Waals surface area contributed by atoms with Crippen LogP contribution in [0.1, 0.15) is 12.8 Å². The van der Waals surface area contributed by atoms with Gasteiger partial charge in [-0.25, -0.2) is 12.8 Å². The number of rotatable bonds is 5. The average Bonchev–Trinajstić information content (AvgIpc) is 3.03. The van der Waals surface area contributed by atoms with E-state index >= 15 is 0 Å². The monoisotopic (exact) mass is 398 g/mol. The Balaban J connectivity index is 1.96. The Morgan fingerprint density at radius 2 is 2.00 bits per heavy atom. The predicted octanol–water partition coefficient (Wildman–Crippen LogP) is 3.42. The van der Waals surface area contributed by atoms with Gasteiger partial charge in [0.2, 0.25) is 5.91 Å². The number of nitrogens with zero attached hydrogens (tertiary/aromatic N) is 1. The number of nitrogens with one attached hydrogen (secondary N) is 1. The topological polar surface area (TPSA) is 75.7 Å². The van der Waals surface area contributed by atoms with Crippen molar-refractivity contribution in [1.82, 2.24) is 0 Å². The number of methoxy groups -OCH3 is 1. The van der Waals surface area contributed by atoms with Gasteiger partial charge in [0.15, 0.2) is 0 Å². The fourth-order valence-electron chi connectivity index (χ4n) is 2.72. The smallest absolute Gasteiger partial charge is 0.261 e. The van der Waals surface area contributed by atoms with Crippen LogP contribution in [0.15, 0.2) is 41.3 Å². The van der Waals surface area contributed by atoms with E-state index in [0.717, 1.165) is 6.07 Å². The lowest BCUT2D eigenvalue weighted by molar-refractivity contribution is -0.117. The van der Waals surface area contributed by atoms with Crippen LogP contribution in [-0.2, 0) is 14.8 Å². The first-order valence-electron chi connectivity index (χ1n) is 7.78. The highest BCUT2D eigenvalue weighted by atomic mass is 35.5. The summed E-state index contributed by atoms with van der Waals surface area (Å²) in [6.07, 6.45) is 1.11. The highest BCUT2D eigenvalue weighted by molar-refractivity contribution is 7.92. The quantitative estimate of drug-likeness (QED) is 0.837. The molecule has 0 aromatic heterocycles. The van der Waals surface area contributed by atoms with Gasteiger partial charge in [0, 0.05) is 13.0 Å². The lowest BCUT2D eigenvalue weighted by Crippen LogP contribution is -2.24. The Morgan fingerprint density at radius 3 is 2.62 bits per heavy atom. The molecule has 1 fully saturated rings. The zero-order chi connectivity index (χ0) is 18.9. The highest BCUT2D eigenvalue weighted by Crippen LogP contribution is 2.34. The molecule has 3 rings (SSSR count). The minimum atomic E-state index is -3.96. The Kier molecular flexibility index (Phi) is 5.06. The summed E-state index contributed by atoms with van der Waals surface area (Å²) in [7, 11) is -2.51. The summed E-state index contributed by atoms with van der Waals surface area (Å²) in [5, 5.41) is -0.191. The molecule has 138 valence electrons. The molecule has 0 saturated carbocycles. The van der Waals surface area contributed by atoms with Gasteiger partial charge >= 0.3 is 0 Å². The zero-order valence-electron chi connectivity index (χ0n) is 13.8. The van der Waals surface area contributed by atoms with Crippen LogP contribution in [0.3, 0.4) is 0 Å². The van der Waals surface area contributed by atoms with E-state index in [0.29, 0.717) is 30.8 Å². The molecule has 0 radical (unpaired) electrons. The van der Waals surface area contributed by atoms with Crippen LogP contribution in [0.4, 0.5) is 15.8 Å². The van der Waals surface area contributed by atoms with E-state index < -0.39 is 15.8 Å². The molecule has 2 aromatic carbocycles. The van der Waals surface area contributed by atoms with Crippen LogP contribution in [-0.4, -0.2) is 28.0 Å². The van der Waals surface area contributed by atoms with Gasteiger partial charge in [-0.2, -0.15) is 0 Å². The number of benzene rings is 2. The molecule has 0 aliphatic carbocycles. The number of ether oxygens (including phenoxy) is 1. The van der Waals surface area contributed by atoms with Crippen LogP contribution in [0.5, 0.6) is 5.75 Å². The van der Waals surface area contributed by atoms with Crippen molar-refractivity contribution < 1.29 is 22.3 Å². The van der Waals surface area contributed by atoms with Crippen molar-refractivity contribution in [2.24, 2.45) is 0 Å². The van der Waals surface area contributed by atoms with Crippen molar-refractivity contribution in [3.8, 4) is 5.75 Å². The number of hydrogen-bond donors (Lipinski definition) is 1. The van der Waals surface area contributed by atoms with E-state index in [1.165, 1.54) is 42.3 Å². The average molecular weight is 399 g/mol. The lowest BCUT2D eigenvalue weighted by Gasteiger charge is -2.20. The number of hydrogen-bond acceptors (Lipinski definition) is 4. The molecule has 1 aliphatic heterocycles. The standard InChI is InChI=1S/C17H16ClFN2O4S/c1-25-16-7-5-12(10-15(16)21-8-2-3-17(21)22)26(23,24)20-11-4-6-14(19)13(18)9-11/h4-7,9-10,20H,2-3,8H2,1H3. The third-order valence-corrected chi connectivity index (χ3v) is 5.67. The summed E-state index contributed by atoms with van der Waals surface area (Å²) in [4.78, 5) is 13.5. The maximum absolute atomic E-state index is 13.2. The number of anilines is 2. The largest absolute Gasteiger partial charge is 0.495 e. The normalized spacial score (nSPS) is 14.6. The molecule has 2 aromatic rings. The van der Waals surface area contributed by atoms with Crippen molar-refractivity contribution in [2.75, 3.05) is 23.3 Å². The highest BCUT2D eigenvalue weighted by Gasteiger charge is 2.26. The second-order valence-electron chi connectivity index (χ2n) is 5.72. The number of carbonyl (C=O) groups excluding carboxylic acids is 1. The Bertz CT molecular complexity index is 965. The van der Waals surface area contributed by atoms with Gasteiger partial charge in [-0.1, -0.05) is 11.6 Å². The van der Waals surface area contributed by atoms with Crippen LogP contribution < -0.4 is 14.4 Å². The summed E-state index contributed by atoms with van der Waals surface area (Å²) >= 11 is 5.69. The van der Waals surface area contributed by atoms with E-state index in [2.05, 4.69) is 4.72 Å². The fraction of sp³-hybridized carbons (Fsp3) is 0.235. The van der Waals surface area contributed by atoms with Crippen molar-refractivity contribution in [1.29, 1.82) is 0 Å². The van der Waals surface area contributed by atoms with E-state index in [1.807, 2.05) is 0 Å². The molecular weight excluding hydrogens is 383 g/mol. The Morgan fingerprint density at radius 1 is 1.23 bits per heavy atom. The maximum Gasteiger partial charge on any atom is 0.261 e. The number of carbonyl (C=O) groups is 1. The van der Waals surface area contributed by atoms with Crippen molar-refractivity contribution in [3.05, 3.63) is 47.2 Å².